The van der Waals surface area contributed by atoms with E-state index in [1.54, 1.807) is 11.8 Å². The Morgan fingerprint density at radius 3 is 2.67 bits per heavy atom. The summed E-state index contributed by atoms with van der Waals surface area (Å²) in [4.78, 5) is 18.0. The second-order valence-corrected chi connectivity index (χ2v) is 9.19. The Kier molecular flexibility index (Phi) is 7.93. The second kappa shape index (κ2) is 11.3. The Bertz CT molecular complexity index is 1260. The molecule has 1 amide bonds. The van der Waals surface area contributed by atoms with Crippen molar-refractivity contribution in [3.05, 3.63) is 70.7 Å². The summed E-state index contributed by atoms with van der Waals surface area (Å²) in [6, 6.07) is 11.3. The lowest BCUT2D eigenvalue weighted by atomic mass is 9.94. The molecular weight excluding hydrogens is 454 g/mol. The maximum atomic E-state index is 13.7. The summed E-state index contributed by atoms with van der Waals surface area (Å²) in [6.45, 7) is 8.73. The molecule has 0 aliphatic carbocycles. The fraction of sp³-hybridized carbons (Fsp3) is 0.393. The Morgan fingerprint density at radius 1 is 1.08 bits per heavy atom. The Balaban J connectivity index is 1.65. The number of carbonyl (C=O) groups excluding carboxylic acids is 1. The number of fused-ring (bicyclic) bond motifs is 1. The highest BCUT2D eigenvalue weighted by molar-refractivity contribution is 6.06. The molecule has 1 aliphatic rings. The van der Waals surface area contributed by atoms with Gasteiger partial charge in [-0.15, -0.1) is 0 Å². The molecule has 2 aromatic carbocycles. The van der Waals surface area contributed by atoms with Gasteiger partial charge in [-0.1, -0.05) is 49.9 Å². The fourth-order valence-corrected chi connectivity index (χ4v) is 4.52. The van der Waals surface area contributed by atoms with E-state index < -0.39 is 6.04 Å². The number of carbonyl (C=O) groups is 1. The zero-order valence-corrected chi connectivity index (χ0v) is 21.7. The van der Waals surface area contributed by atoms with Crippen LogP contribution >= 0.6 is 0 Å². The van der Waals surface area contributed by atoms with Crippen LogP contribution in [0, 0.1) is 13.8 Å². The molecule has 2 N–H and O–H groups in total. The van der Waals surface area contributed by atoms with Gasteiger partial charge in [0.2, 0.25) is 5.95 Å². The van der Waals surface area contributed by atoms with E-state index >= 15 is 0 Å². The number of hydrogen-bond donors (Lipinski definition) is 2. The molecule has 1 aliphatic heterocycles. The van der Waals surface area contributed by atoms with Crippen LogP contribution in [-0.4, -0.2) is 34.4 Å². The zero-order chi connectivity index (χ0) is 25.7. The first-order chi connectivity index (χ1) is 17.4. The summed E-state index contributed by atoms with van der Waals surface area (Å²) in [5.41, 5.74) is 5.05. The van der Waals surface area contributed by atoms with Crippen LogP contribution in [0.5, 0.6) is 11.5 Å². The molecule has 0 saturated heterocycles. The summed E-state index contributed by atoms with van der Waals surface area (Å²) >= 11 is 0. The third-order valence-corrected chi connectivity index (χ3v) is 6.43. The highest BCUT2D eigenvalue weighted by Gasteiger charge is 2.34. The van der Waals surface area contributed by atoms with E-state index in [0.717, 1.165) is 40.9 Å². The molecule has 0 unspecified atom stereocenters. The first kappa shape index (κ1) is 25.3. The van der Waals surface area contributed by atoms with Gasteiger partial charge in [-0.05, 0) is 56.5 Å². The molecule has 0 spiro atoms. The van der Waals surface area contributed by atoms with Gasteiger partial charge in [0.1, 0.15) is 12.4 Å². The lowest BCUT2D eigenvalue weighted by molar-refractivity contribution is -0.113. The van der Waals surface area contributed by atoms with Crippen molar-refractivity contribution in [3.8, 4) is 11.5 Å². The Morgan fingerprint density at radius 2 is 1.92 bits per heavy atom. The van der Waals surface area contributed by atoms with Gasteiger partial charge < -0.3 is 20.1 Å². The van der Waals surface area contributed by atoms with E-state index in [-0.39, 0.29) is 5.91 Å². The zero-order valence-electron chi connectivity index (χ0n) is 21.7. The first-order valence-corrected chi connectivity index (χ1v) is 12.5. The number of aromatic nitrogens is 3. The van der Waals surface area contributed by atoms with E-state index in [4.69, 9.17) is 9.47 Å². The number of benzene rings is 2. The van der Waals surface area contributed by atoms with Crippen molar-refractivity contribution in [3.63, 3.8) is 0 Å². The predicted molar refractivity (Wildman–Crippen MR) is 142 cm³/mol. The molecule has 0 fully saturated rings. The average Bonchev–Trinajstić information content (AvgIpc) is 3.32. The van der Waals surface area contributed by atoms with Gasteiger partial charge in [0, 0.05) is 11.4 Å². The van der Waals surface area contributed by atoms with Crippen LogP contribution in [0.3, 0.4) is 0 Å². The standard InChI is InChI=1S/C28H35N5O3/c1-6-7-8-9-14-36-23-13-11-21(16-24(23)35-5)26-25(20(4)31-28-29-17-30-33(26)28)27(34)32-22-12-10-18(2)15-19(22)3/h10-13,15-17,26H,6-9,14H2,1-5H3,(H,32,34)(H,29,30,31)/t26-/m1/s1. The van der Waals surface area contributed by atoms with Gasteiger partial charge in [-0.25, -0.2) is 4.68 Å². The van der Waals surface area contributed by atoms with E-state index in [1.165, 1.54) is 19.2 Å². The number of methoxy groups -OCH3 is 1. The van der Waals surface area contributed by atoms with Crippen molar-refractivity contribution in [1.82, 2.24) is 14.8 Å². The van der Waals surface area contributed by atoms with Gasteiger partial charge >= 0.3 is 0 Å². The molecule has 8 heteroatoms. The third-order valence-electron chi connectivity index (χ3n) is 6.43. The van der Waals surface area contributed by atoms with E-state index in [0.29, 0.717) is 29.6 Å². The lowest BCUT2D eigenvalue weighted by Gasteiger charge is -2.29. The van der Waals surface area contributed by atoms with E-state index in [1.807, 2.05) is 51.1 Å². The number of ether oxygens (including phenoxy) is 2. The number of allylic oxidation sites excluding steroid dienone is 1. The van der Waals surface area contributed by atoms with Crippen molar-refractivity contribution in [2.24, 2.45) is 0 Å². The molecule has 8 nitrogen and oxygen atoms in total. The topological polar surface area (TPSA) is 90.3 Å². The quantitative estimate of drug-likeness (QED) is 0.350. The van der Waals surface area contributed by atoms with Crippen molar-refractivity contribution in [2.45, 2.75) is 59.4 Å². The number of nitrogens with one attached hydrogen (secondary N) is 2. The smallest absolute Gasteiger partial charge is 0.255 e. The van der Waals surface area contributed by atoms with Crippen molar-refractivity contribution < 1.29 is 14.3 Å². The van der Waals surface area contributed by atoms with Crippen molar-refractivity contribution in [2.75, 3.05) is 24.4 Å². The molecule has 0 radical (unpaired) electrons. The minimum absolute atomic E-state index is 0.201. The maximum Gasteiger partial charge on any atom is 0.255 e. The summed E-state index contributed by atoms with van der Waals surface area (Å²) < 4.78 is 13.4. The molecule has 36 heavy (non-hydrogen) atoms. The molecule has 1 atom stereocenters. The average molecular weight is 490 g/mol. The number of unbranched alkanes of at least 4 members (excludes halogenated alkanes) is 3. The molecule has 2 heterocycles. The monoisotopic (exact) mass is 489 g/mol. The van der Waals surface area contributed by atoms with E-state index in [2.05, 4.69) is 33.7 Å². The van der Waals surface area contributed by atoms with Crippen molar-refractivity contribution >= 4 is 17.5 Å². The molecular formula is C28H35N5O3. The maximum absolute atomic E-state index is 13.7. The number of aryl methyl sites for hydroxylation is 2. The largest absolute Gasteiger partial charge is 0.493 e. The second-order valence-electron chi connectivity index (χ2n) is 9.19. The van der Waals surface area contributed by atoms with Crippen LogP contribution in [0.25, 0.3) is 0 Å². The summed E-state index contributed by atoms with van der Waals surface area (Å²) in [5, 5.41) is 10.7. The SMILES string of the molecule is CCCCCCOc1ccc([C@@H]2C(C(=O)Nc3ccc(C)cc3C)=C(C)Nc3ncnn32)cc1OC. The summed E-state index contributed by atoms with van der Waals surface area (Å²) in [6.07, 6.45) is 6.02. The minimum Gasteiger partial charge on any atom is -0.493 e. The van der Waals surface area contributed by atoms with Gasteiger partial charge in [-0.3, -0.25) is 4.79 Å². The van der Waals surface area contributed by atoms with Gasteiger partial charge in [-0.2, -0.15) is 10.1 Å². The number of amides is 1. The van der Waals surface area contributed by atoms with Crippen LogP contribution in [0.4, 0.5) is 11.6 Å². The molecule has 0 saturated carbocycles. The molecule has 190 valence electrons. The van der Waals surface area contributed by atoms with Crippen LogP contribution in [0.2, 0.25) is 0 Å². The van der Waals surface area contributed by atoms with Gasteiger partial charge in [0.25, 0.3) is 5.91 Å². The van der Waals surface area contributed by atoms with Crippen LogP contribution < -0.4 is 20.1 Å². The van der Waals surface area contributed by atoms with Crippen LogP contribution in [0.1, 0.15) is 62.3 Å². The Hall–Kier alpha value is -3.81. The number of nitrogens with zero attached hydrogens (tertiary/aromatic N) is 3. The molecule has 3 aromatic rings. The van der Waals surface area contributed by atoms with Crippen LogP contribution in [-0.2, 0) is 4.79 Å². The highest BCUT2D eigenvalue weighted by atomic mass is 16.5. The molecule has 4 rings (SSSR count). The summed E-state index contributed by atoms with van der Waals surface area (Å²) in [7, 11) is 1.63. The molecule has 1 aromatic heterocycles. The lowest BCUT2D eigenvalue weighted by Crippen LogP contribution is -2.31. The summed E-state index contributed by atoms with van der Waals surface area (Å²) in [5.74, 6) is 1.69. The van der Waals surface area contributed by atoms with Crippen LogP contribution in [0.15, 0.2) is 54.0 Å². The van der Waals surface area contributed by atoms with E-state index in [9.17, 15) is 4.79 Å². The highest BCUT2D eigenvalue weighted by Crippen LogP contribution is 2.39. The van der Waals surface area contributed by atoms with Gasteiger partial charge in [0.15, 0.2) is 11.5 Å². The minimum atomic E-state index is -0.484. The van der Waals surface area contributed by atoms with Gasteiger partial charge in [0.05, 0.1) is 19.3 Å². The molecule has 0 bridgehead atoms. The fourth-order valence-electron chi connectivity index (χ4n) is 4.52. The third kappa shape index (κ3) is 5.37. The van der Waals surface area contributed by atoms with Crippen molar-refractivity contribution in [1.29, 1.82) is 0 Å². The predicted octanol–water partition coefficient (Wildman–Crippen LogP) is 5.79. The normalized spacial score (nSPS) is 14.8. The number of rotatable bonds is 10. The number of hydrogen-bond acceptors (Lipinski definition) is 6. The number of anilines is 2. The Labute approximate surface area is 212 Å². The first-order valence-electron chi connectivity index (χ1n) is 12.5.